The van der Waals surface area contributed by atoms with Gasteiger partial charge in [0, 0.05) is 22.5 Å². The lowest BCUT2D eigenvalue weighted by Crippen LogP contribution is -2.12. The van der Waals surface area contributed by atoms with E-state index in [-0.39, 0.29) is 5.16 Å². The minimum Gasteiger partial charge on any atom is -0.480 e. The molecule has 1 aromatic heterocycles. The number of rotatable bonds is 6. The molecule has 0 radical (unpaired) electrons. The SMILES string of the molecule is CC(Sc1nc(Nc2ccc(C3CC3)c3ccccc23)c2ccc(F)cc2n1)C(=O)O. The summed E-state index contributed by atoms with van der Waals surface area (Å²) in [4.78, 5) is 20.2. The Labute approximate surface area is 182 Å². The number of hydrogen-bond acceptors (Lipinski definition) is 5. The summed E-state index contributed by atoms with van der Waals surface area (Å²) in [6, 6.07) is 16.8. The van der Waals surface area contributed by atoms with Crippen LogP contribution in [0.2, 0.25) is 0 Å². The van der Waals surface area contributed by atoms with Crippen molar-refractivity contribution in [3.05, 3.63) is 66.0 Å². The predicted octanol–water partition coefficient (Wildman–Crippen LogP) is 6.11. The third kappa shape index (κ3) is 3.93. The number of carboxylic acids is 1. The molecule has 156 valence electrons. The molecule has 5 rings (SSSR count). The molecule has 1 unspecified atom stereocenters. The summed E-state index contributed by atoms with van der Waals surface area (Å²) < 4.78 is 13.9. The largest absolute Gasteiger partial charge is 0.480 e. The van der Waals surface area contributed by atoms with Crippen LogP contribution in [0.1, 0.15) is 31.2 Å². The van der Waals surface area contributed by atoms with Gasteiger partial charge in [-0.3, -0.25) is 4.79 Å². The third-order valence-electron chi connectivity index (χ3n) is 5.50. The zero-order valence-electron chi connectivity index (χ0n) is 16.8. The molecule has 1 fully saturated rings. The van der Waals surface area contributed by atoms with Gasteiger partial charge in [0.05, 0.1) is 5.52 Å². The van der Waals surface area contributed by atoms with Gasteiger partial charge in [0.2, 0.25) is 0 Å². The Hall–Kier alpha value is -3.19. The molecule has 31 heavy (non-hydrogen) atoms. The van der Waals surface area contributed by atoms with Crippen LogP contribution in [0.5, 0.6) is 0 Å². The Bertz CT molecular complexity index is 1320. The fraction of sp³-hybridized carbons (Fsp3) is 0.208. The summed E-state index contributed by atoms with van der Waals surface area (Å²) >= 11 is 1.03. The standard InChI is InChI=1S/C24H20FN3O2S/c1-13(23(29)30)31-24-27-21-12-15(25)8-9-19(21)22(28-24)26-20-11-10-16(14-6-7-14)17-4-2-3-5-18(17)20/h2-5,8-14H,6-7H2,1H3,(H,29,30)(H,26,27,28). The predicted molar refractivity (Wildman–Crippen MR) is 122 cm³/mol. The lowest BCUT2D eigenvalue weighted by Gasteiger charge is -2.15. The lowest BCUT2D eigenvalue weighted by molar-refractivity contribution is -0.136. The van der Waals surface area contributed by atoms with Gasteiger partial charge in [-0.25, -0.2) is 14.4 Å². The molecule has 0 bridgehead atoms. The van der Waals surface area contributed by atoms with Gasteiger partial charge in [0.25, 0.3) is 0 Å². The average Bonchev–Trinajstić information content (AvgIpc) is 3.59. The summed E-state index contributed by atoms with van der Waals surface area (Å²) in [6.07, 6.45) is 2.45. The van der Waals surface area contributed by atoms with Gasteiger partial charge in [0.1, 0.15) is 16.9 Å². The van der Waals surface area contributed by atoms with Crippen molar-refractivity contribution in [3.8, 4) is 0 Å². The van der Waals surface area contributed by atoms with Gasteiger partial charge in [-0.15, -0.1) is 0 Å². The van der Waals surface area contributed by atoms with E-state index in [2.05, 4.69) is 39.6 Å². The van der Waals surface area contributed by atoms with Crippen LogP contribution >= 0.6 is 11.8 Å². The minimum atomic E-state index is -0.955. The van der Waals surface area contributed by atoms with Crippen molar-refractivity contribution in [1.82, 2.24) is 9.97 Å². The van der Waals surface area contributed by atoms with E-state index in [9.17, 15) is 14.3 Å². The number of fused-ring (bicyclic) bond motifs is 2. The van der Waals surface area contributed by atoms with Gasteiger partial charge in [-0.1, -0.05) is 42.1 Å². The molecule has 1 aliphatic rings. The van der Waals surface area contributed by atoms with Gasteiger partial charge < -0.3 is 10.4 Å². The number of nitrogens with one attached hydrogen (secondary N) is 1. The Balaban J connectivity index is 1.61. The molecule has 0 saturated heterocycles. The highest BCUT2D eigenvalue weighted by atomic mass is 32.2. The smallest absolute Gasteiger partial charge is 0.316 e. The molecule has 1 aliphatic carbocycles. The van der Waals surface area contributed by atoms with Crippen molar-refractivity contribution >= 4 is 50.9 Å². The maximum absolute atomic E-state index is 13.9. The number of carbonyl (C=O) groups is 1. The Morgan fingerprint density at radius 1 is 1.10 bits per heavy atom. The summed E-state index contributed by atoms with van der Waals surface area (Å²) in [5, 5.41) is 15.2. The lowest BCUT2D eigenvalue weighted by atomic mass is 9.99. The zero-order chi connectivity index (χ0) is 21.5. The van der Waals surface area contributed by atoms with E-state index in [1.807, 2.05) is 12.1 Å². The second-order valence-electron chi connectivity index (χ2n) is 7.76. The van der Waals surface area contributed by atoms with Crippen LogP contribution in [-0.4, -0.2) is 26.3 Å². The van der Waals surface area contributed by atoms with Crippen molar-refractivity contribution in [2.45, 2.75) is 36.1 Å². The van der Waals surface area contributed by atoms with Crippen molar-refractivity contribution in [3.63, 3.8) is 0 Å². The van der Waals surface area contributed by atoms with E-state index in [1.54, 1.807) is 13.0 Å². The van der Waals surface area contributed by atoms with E-state index in [4.69, 9.17) is 0 Å². The van der Waals surface area contributed by atoms with E-state index in [0.29, 0.717) is 22.6 Å². The van der Waals surface area contributed by atoms with Crippen molar-refractivity contribution in [2.24, 2.45) is 0 Å². The highest BCUT2D eigenvalue weighted by Gasteiger charge is 2.25. The van der Waals surface area contributed by atoms with Crippen LogP contribution in [0, 0.1) is 5.82 Å². The quantitative estimate of drug-likeness (QED) is 0.282. The molecule has 0 spiro atoms. The minimum absolute atomic E-state index is 0.286. The van der Waals surface area contributed by atoms with Crippen LogP contribution in [0.3, 0.4) is 0 Å². The molecular formula is C24H20FN3O2S. The molecule has 3 aromatic carbocycles. The zero-order valence-corrected chi connectivity index (χ0v) is 17.6. The number of aromatic nitrogens is 2. The first kappa shape index (κ1) is 19.8. The maximum atomic E-state index is 13.9. The van der Waals surface area contributed by atoms with Crippen molar-refractivity contribution < 1.29 is 14.3 Å². The monoisotopic (exact) mass is 433 g/mol. The van der Waals surface area contributed by atoms with E-state index in [1.165, 1.54) is 35.9 Å². The molecule has 1 atom stereocenters. The molecule has 2 N–H and O–H groups in total. The highest BCUT2D eigenvalue weighted by Crippen LogP contribution is 2.44. The first-order valence-electron chi connectivity index (χ1n) is 10.1. The van der Waals surface area contributed by atoms with Crippen LogP contribution in [0.4, 0.5) is 15.9 Å². The van der Waals surface area contributed by atoms with E-state index < -0.39 is 17.0 Å². The van der Waals surface area contributed by atoms with Gasteiger partial charge in [-0.05, 0) is 54.8 Å². The molecule has 5 nitrogen and oxygen atoms in total. The first-order valence-corrected chi connectivity index (χ1v) is 11.0. The second-order valence-corrected chi connectivity index (χ2v) is 9.07. The molecule has 0 amide bonds. The molecule has 1 saturated carbocycles. The number of hydrogen-bond donors (Lipinski definition) is 2. The molecule has 1 heterocycles. The topological polar surface area (TPSA) is 75.1 Å². The van der Waals surface area contributed by atoms with Crippen LogP contribution in [0.25, 0.3) is 21.7 Å². The second kappa shape index (κ2) is 7.81. The number of halogens is 1. The Kier molecular flexibility index (Phi) is 4.98. The molecular weight excluding hydrogens is 413 g/mol. The highest BCUT2D eigenvalue weighted by molar-refractivity contribution is 8.00. The first-order chi connectivity index (χ1) is 15.0. The number of anilines is 2. The fourth-order valence-corrected chi connectivity index (χ4v) is 4.46. The molecule has 7 heteroatoms. The fourth-order valence-electron chi connectivity index (χ4n) is 3.75. The molecule has 0 aliphatic heterocycles. The number of aliphatic carboxylic acids is 1. The van der Waals surface area contributed by atoms with Crippen LogP contribution < -0.4 is 5.32 Å². The Morgan fingerprint density at radius 2 is 1.87 bits per heavy atom. The number of thioether (sulfide) groups is 1. The summed E-state index contributed by atoms with van der Waals surface area (Å²) in [5.74, 6) is -0.209. The van der Waals surface area contributed by atoms with Gasteiger partial charge >= 0.3 is 5.97 Å². The van der Waals surface area contributed by atoms with Crippen molar-refractivity contribution in [2.75, 3.05) is 5.32 Å². The third-order valence-corrected chi connectivity index (χ3v) is 6.45. The summed E-state index contributed by atoms with van der Waals surface area (Å²) in [7, 11) is 0. The Morgan fingerprint density at radius 3 is 2.61 bits per heavy atom. The van der Waals surface area contributed by atoms with E-state index >= 15 is 0 Å². The molecule has 4 aromatic rings. The normalized spacial score (nSPS) is 14.6. The van der Waals surface area contributed by atoms with Crippen LogP contribution in [0.15, 0.2) is 59.8 Å². The van der Waals surface area contributed by atoms with Gasteiger partial charge in [0.15, 0.2) is 5.16 Å². The maximum Gasteiger partial charge on any atom is 0.316 e. The number of benzene rings is 3. The van der Waals surface area contributed by atoms with Crippen molar-refractivity contribution in [1.29, 1.82) is 0 Å². The average molecular weight is 434 g/mol. The van der Waals surface area contributed by atoms with Crippen LogP contribution in [-0.2, 0) is 4.79 Å². The van der Waals surface area contributed by atoms with Gasteiger partial charge in [-0.2, -0.15) is 0 Å². The number of carboxylic acid groups (broad SMARTS) is 1. The number of nitrogens with zero attached hydrogens (tertiary/aromatic N) is 2. The summed E-state index contributed by atoms with van der Waals surface area (Å²) in [6.45, 7) is 1.57. The summed E-state index contributed by atoms with van der Waals surface area (Å²) in [5.41, 5.74) is 2.69. The van der Waals surface area contributed by atoms with E-state index in [0.717, 1.165) is 22.8 Å².